The molecule has 0 radical (unpaired) electrons. The minimum Gasteiger partial charge on any atom is -0.338 e. The predicted molar refractivity (Wildman–Crippen MR) is 74.1 cm³/mol. The lowest BCUT2D eigenvalue weighted by atomic mass is 10.1. The van der Waals surface area contributed by atoms with Gasteiger partial charge >= 0.3 is 6.03 Å². The highest BCUT2D eigenvalue weighted by Crippen LogP contribution is 2.20. The van der Waals surface area contributed by atoms with Crippen LogP contribution in [0.25, 0.3) is 0 Å². The first-order chi connectivity index (χ1) is 8.75. The van der Waals surface area contributed by atoms with Crippen molar-refractivity contribution in [2.45, 2.75) is 25.3 Å². The number of anilines is 1. The summed E-state index contributed by atoms with van der Waals surface area (Å²) in [6.45, 7) is 1.77. The lowest BCUT2D eigenvalue weighted by molar-refractivity contribution is 0.251. The summed E-state index contributed by atoms with van der Waals surface area (Å²) in [5, 5.41) is 9.51. The summed E-state index contributed by atoms with van der Waals surface area (Å²) in [5.41, 5.74) is 0.635. The maximum atomic E-state index is 11.6. The van der Waals surface area contributed by atoms with Gasteiger partial charge in [0.2, 0.25) is 0 Å². The maximum Gasteiger partial charge on any atom is 0.319 e. The molecule has 4 nitrogen and oxygen atoms in total. The second-order valence-electron chi connectivity index (χ2n) is 4.44. The summed E-state index contributed by atoms with van der Waals surface area (Å²) in [5.74, 6) is 0. The van der Waals surface area contributed by atoms with Crippen LogP contribution in [0.5, 0.6) is 0 Å². The Labute approximate surface area is 112 Å². The predicted octanol–water partition coefficient (Wildman–Crippen LogP) is 2.60. The van der Waals surface area contributed by atoms with Gasteiger partial charge < -0.3 is 16.0 Å². The van der Waals surface area contributed by atoms with Gasteiger partial charge in [0.25, 0.3) is 0 Å². The van der Waals surface area contributed by atoms with Gasteiger partial charge in [0, 0.05) is 12.6 Å². The molecule has 1 atom stereocenters. The van der Waals surface area contributed by atoms with Gasteiger partial charge in [-0.25, -0.2) is 4.79 Å². The van der Waals surface area contributed by atoms with Gasteiger partial charge in [0.15, 0.2) is 0 Å². The van der Waals surface area contributed by atoms with E-state index in [0.29, 0.717) is 23.3 Å². The summed E-state index contributed by atoms with van der Waals surface area (Å²) in [6, 6.07) is 7.54. The van der Waals surface area contributed by atoms with E-state index >= 15 is 0 Å². The van der Waals surface area contributed by atoms with E-state index in [1.165, 1.54) is 12.8 Å². The average molecular weight is 268 g/mol. The molecule has 18 heavy (non-hydrogen) atoms. The van der Waals surface area contributed by atoms with Gasteiger partial charge in [-0.3, -0.25) is 0 Å². The fourth-order valence-electron chi connectivity index (χ4n) is 2.09. The van der Waals surface area contributed by atoms with Crippen molar-refractivity contribution in [3.63, 3.8) is 0 Å². The minimum atomic E-state index is -0.207. The number of para-hydroxylation sites is 1. The molecule has 0 aromatic heterocycles. The molecule has 1 heterocycles. The van der Waals surface area contributed by atoms with Crippen molar-refractivity contribution in [1.29, 1.82) is 0 Å². The molecule has 2 amide bonds. The van der Waals surface area contributed by atoms with Gasteiger partial charge in [-0.1, -0.05) is 23.7 Å². The minimum absolute atomic E-state index is 0.207. The van der Waals surface area contributed by atoms with E-state index in [9.17, 15) is 4.79 Å². The number of nitrogens with one attached hydrogen (secondary N) is 3. The lowest BCUT2D eigenvalue weighted by Gasteiger charge is -2.12. The van der Waals surface area contributed by atoms with Crippen molar-refractivity contribution in [2.24, 2.45) is 0 Å². The highest BCUT2D eigenvalue weighted by molar-refractivity contribution is 6.33. The first kappa shape index (κ1) is 13.2. The van der Waals surface area contributed by atoms with E-state index in [1.807, 2.05) is 12.1 Å². The summed E-state index contributed by atoms with van der Waals surface area (Å²) in [4.78, 5) is 11.6. The van der Waals surface area contributed by atoms with Crippen LogP contribution in [0.15, 0.2) is 24.3 Å². The normalized spacial score (nSPS) is 18.6. The first-order valence-corrected chi connectivity index (χ1v) is 6.66. The molecule has 1 unspecified atom stereocenters. The number of carbonyl (C=O) groups excluding carboxylic acids is 1. The summed E-state index contributed by atoms with van der Waals surface area (Å²) in [7, 11) is 0. The second-order valence-corrected chi connectivity index (χ2v) is 4.85. The molecule has 1 fully saturated rings. The summed E-state index contributed by atoms with van der Waals surface area (Å²) >= 11 is 5.95. The van der Waals surface area contributed by atoms with E-state index in [0.717, 1.165) is 13.0 Å². The molecule has 1 saturated heterocycles. The third-order valence-electron chi connectivity index (χ3n) is 3.06. The molecule has 5 heteroatoms. The van der Waals surface area contributed by atoms with Crippen LogP contribution in [-0.2, 0) is 0 Å². The Morgan fingerprint density at radius 2 is 2.28 bits per heavy atom. The zero-order valence-electron chi connectivity index (χ0n) is 10.2. The maximum absolute atomic E-state index is 11.6. The largest absolute Gasteiger partial charge is 0.338 e. The van der Waals surface area contributed by atoms with Crippen LogP contribution < -0.4 is 16.0 Å². The third-order valence-corrected chi connectivity index (χ3v) is 3.39. The fourth-order valence-corrected chi connectivity index (χ4v) is 2.28. The van der Waals surface area contributed by atoms with E-state index < -0.39 is 0 Å². The molecule has 1 aliphatic rings. The fraction of sp³-hybridized carbons (Fsp3) is 0.462. The smallest absolute Gasteiger partial charge is 0.319 e. The monoisotopic (exact) mass is 267 g/mol. The van der Waals surface area contributed by atoms with Gasteiger partial charge in [-0.15, -0.1) is 0 Å². The van der Waals surface area contributed by atoms with Crippen LogP contribution in [0.3, 0.4) is 0 Å². The number of amides is 2. The van der Waals surface area contributed by atoms with Crippen LogP contribution in [0.2, 0.25) is 5.02 Å². The Hall–Kier alpha value is -1.26. The van der Waals surface area contributed by atoms with Crippen LogP contribution >= 0.6 is 11.6 Å². The van der Waals surface area contributed by atoms with E-state index in [-0.39, 0.29) is 6.03 Å². The van der Waals surface area contributed by atoms with E-state index in [2.05, 4.69) is 16.0 Å². The van der Waals surface area contributed by atoms with Gasteiger partial charge in [-0.05, 0) is 37.9 Å². The quantitative estimate of drug-likeness (QED) is 0.785. The molecular weight excluding hydrogens is 250 g/mol. The standard InChI is InChI=1S/C13H18ClN3O/c14-11-5-1-2-6-12(11)17-13(18)16-9-7-10-4-3-8-15-10/h1-2,5-6,10,15H,3-4,7-9H2,(H2,16,17,18). The van der Waals surface area contributed by atoms with Crippen molar-refractivity contribution >= 4 is 23.3 Å². The van der Waals surface area contributed by atoms with Crippen molar-refractivity contribution in [3.8, 4) is 0 Å². The second kappa shape index (κ2) is 6.61. The molecule has 3 N–H and O–H groups in total. The van der Waals surface area contributed by atoms with Gasteiger partial charge in [0.1, 0.15) is 0 Å². The Bertz CT molecular complexity index is 405. The van der Waals surface area contributed by atoms with Gasteiger partial charge in [-0.2, -0.15) is 0 Å². The Kier molecular flexibility index (Phi) is 4.84. The third kappa shape index (κ3) is 3.89. The molecule has 0 bridgehead atoms. The highest BCUT2D eigenvalue weighted by Gasteiger charge is 2.13. The van der Waals surface area contributed by atoms with Crippen molar-refractivity contribution < 1.29 is 4.79 Å². The molecule has 0 spiro atoms. The van der Waals surface area contributed by atoms with Crippen molar-refractivity contribution in [2.75, 3.05) is 18.4 Å². The van der Waals surface area contributed by atoms with Crippen molar-refractivity contribution in [1.82, 2.24) is 10.6 Å². The number of urea groups is 1. The molecule has 1 aromatic carbocycles. The number of hydrogen-bond donors (Lipinski definition) is 3. The molecule has 1 aliphatic heterocycles. The number of benzene rings is 1. The molecule has 0 saturated carbocycles. The van der Waals surface area contributed by atoms with Crippen molar-refractivity contribution in [3.05, 3.63) is 29.3 Å². The summed E-state index contributed by atoms with van der Waals surface area (Å²) in [6.07, 6.45) is 3.40. The van der Waals surface area contributed by atoms with Crippen LogP contribution in [0.1, 0.15) is 19.3 Å². The first-order valence-electron chi connectivity index (χ1n) is 6.28. The van der Waals surface area contributed by atoms with Crippen LogP contribution in [0.4, 0.5) is 10.5 Å². The molecule has 98 valence electrons. The Morgan fingerprint density at radius 3 is 3.00 bits per heavy atom. The highest BCUT2D eigenvalue weighted by atomic mass is 35.5. The molecule has 1 aromatic rings. The number of carbonyl (C=O) groups is 1. The SMILES string of the molecule is O=C(NCCC1CCCN1)Nc1ccccc1Cl. The number of halogens is 1. The van der Waals surface area contributed by atoms with Crippen LogP contribution in [0, 0.1) is 0 Å². The average Bonchev–Trinajstić information content (AvgIpc) is 2.85. The zero-order valence-corrected chi connectivity index (χ0v) is 11.0. The van der Waals surface area contributed by atoms with Gasteiger partial charge in [0.05, 0.1) is 10.7 Å². The van der Waals surface area contributed by atoms with E-state index in [1.54, 1.807) is 12.1 Å². The topological polar surface area (TPSA) is 53.2 Å². The Morgan fingerprint density at radius 1 is 1.44 bits per heavy atom. The number of rotatable bonds is 4. The Balaban J connectivity index is 1.70. The zero-order chi connectivity index (χ0) is 12.8. The lowest BCUT2D eigenvalue weighted by Crippen LogP contribution is -2.33. The van der Waals surface area contributed by atoms with E-state index in [4.69, 9.17) is 11.6 Å². The van der Waals surface area contributed by atoms with Crippen LogP contribution in [-0.4, -0.2) is 25.2 Å². The number of hydrogen-bond acceptors (Lipinski definition) is 2. The molecular formula is C13H18ClN3O. The molecule has 0 aliphatic carbocycles. The molecule has 2 rings (SSSR count). The summed E-state index contributed by atoms with van der Waals surface area (Å²) < 4.78 is 0.